The number of aromatic nitrogens is 1. The lowest BCUT2D eigenvalue weighted by Gasteiger charge is -2.10. The second-order valence-electron chi connectivity index (χ2n) is 3.53. The van der Waals surface area contributed by atoms with Gasteiger partial charge in [0.05, 0.1) is 10.2 Å². The summed E-state index contributed by atoms with van der Waals surface area (Å²) < 4.78 is 6.67. The van der Waals surface area contributed by atoms with Crippen LogP contribution in [0.25, 0.3) is 0 Å². The fourth-order valence-electron chi connectivity index (χ4n) is 1.50. The van der Waals surface area contributed by atoms with Crippen LogP contribution >= 0.6 is 15.9 Å². The first kappa shape index (κ1) is 12.1. The molecule has 0 bridgehead atoms. The molecule has 0 radical (unpaired) electrons. The second-order valence-corrected chi connectivity index (χ2v) is 4.39. The number of rotatable bonds is 4. The molecule has 17 heavy (non-hydrogen) atoms. The Kier molecular flexibility index (Phi) is 4.12. The van der Waals surface area contributed by atoms with E-state index in [9.17, 15) is 0 Å². The van der Waals surface area contributed by atoms with Crippen LogP contribution in [0.2, 0.25) is 0 Å². The maximum Gasteiger partial charge on any atom is 0.133 e. The molecule has 0 fully saturated rings. The van der Waals surface area contributed by atoms with Crippen molar-refractivity contribution >= 4 is 15.9 Å². The van der Waals surface area contributed by atoms with Crippen molar-refractivity contribution in [2.45, 2.75) is 13.2 Å². The Hall–Kier alpha value is -1.39. The highest BCUT2D eigenvalue weighted by Gasteiger charge is 2.04. The zero-order valence-electron chi connectivity index (χ0n) is 9.27. The van der Waals surface area contributed by atoms with Gasteiger partial charge in [0.2, 0.25) is 0 Å². The number of nitrogens with zero attached hydrogens (tertiary/aromatic N) is 1. The SMILES string of the molecule is NCc1ncccc1COc1ccccc1Br. The standard InChI is InChI=1S/C13H13BrN2O/c14-11-5-1-2-6-13(11)17-9-10-4-3-7-16-12(10)8-15/h1-7H,8-9,15H2. The van der Waals surface area contributed by atoms with Crippen LogP contribution in [-0.2, 0) is 13.2 Å². The van der Waals surface area contributed by atoms with Crippen molar-refractivity contribution in [1.29, 1.82) is 0 Å². The van der Waals surface area contributed by atoms with Crippen LogP contribution in [-0.4, -0.2) is 4.98 Å². The van der Waals surface area contributed by atoms with E-state index < -0.39 is 0 Å². The molecule has 0 atom stereocenters. The number of halogens is 1. The Morgan fingerprint density at radius 1 is 1.18 bits per heavy atom. The molecule has 88 valence electrons. The van der Waals surface area contributed by atoms with Gasteiger partial charge >= 0.3 is 0 Å². The molecule has 2 aromatic rings. The number of hydrogen-bond donors (Lipinski definition) is 1. The maximum absolute atomic E-state index is 5.72. The van der Waals surface area contributed by atoms with E-state index in [4.69, 9.17) is 10.5 Å². The first-order valence-corrected chi connectivity index (χ1v) is 6.10. The molecule has 0 aliphatic rings. The fourth-order valence-corrected chi connectivity index (χ4v) is 1.90. The minimum absolute atomic E-state index is 0.426. The highest BCUT2D eigenvalue weighted by molar-refractivity contribution is 9.10. The molecule has 3 nitrogen and oxygen atoms in total. The summed E-state index contributed by atoms with van der Waals surface area (Å²) in [6.45, 7) is 0.901. The van der Waals surface area contributed by atoms with Gasteiger partial charge in [-0.2, -0.15) is 0 Å². The lowest BCUT2D eigenvalue weighted by atomic mass is 10.2. The lowest BCUT2D eigenvalue weighted by molar-refractivity contribution is 0.302. The van der Waals surface area contributed by atoms with Gasteiger partial charge in [-0.25, -0.2) is 0 Å². The minimum Gasteiger partial charge on any atom is -0.488 e. The van der Waals surface area contributed by atoms with Crippen LogP contribution in [0.3, 0.4) is 0 Å². The normalized spacial score (nSPS) is 10.2. The maximum atomic E-state index is 5.72. The number of nitrogens with two attached hydrogens (primary N) is 1. The Morgan fingerprint density at radius 2 is 2.00 bits per heavy atom. The molecule has 0 unspecified atom stereocenters. The molecule has 1 aromatic heterocycles. The third kappa shape index (κ3) is 3.05. The summed E-state index contributed by atoms with van der Waals surface area (Å²) in [5, 5.41) is 0. The van der Waals surface area contributed by atoms with Crippen molar-refractivity contribution < 1.29 is 4.74 Å². The summed E-state index contributed by atoms with van der Waals surface area (Å²) in [4.78, 5) is 4.22. The summed E-state index contributed by atoms with van der Waals surface area (Å²) in [5.41, 5.74) is 7.52. The Morgan fingerprint density at radius 3 is 2.76 bits per heavy atom. The molecular weight excluding hydrogens is 280 g/mol. The zero-order valence-corrected chi connectivity index (χ0v) is 10.9. The van der Waals surface area contributed by atoms with E-state index in [0.29, 0.717) is 13.2 Å². The molecule has 0 amide bonds. The number of pyridine rings is 1. The smallest absolute Gasteiger partial charge is 0.133 e. The van der Waals surface area contributed by atoms with Crippen LogP contribution in [0.4, 0.5) is 0 Å². The van der Waals surface area contributed by atoms with Crippen molar-refractivity contribution in [3.63, 3.8) is 0 Å². The highest BCUT2D eigenvalue weighted by Crippen LogP contribution is 2.24. The van der Waals surface area contributed by atoms with Crippen LogP contribution in [0, 0.1) is 0 Å². The molecular formula is C13H13BrN2O. The van der Waals surface area contributed by atoms with E-state index in [1.807, 2.05) is 36.4 Å². The molecule has 0 saturated heterocycles. The Balaban J connectivity index is 2.10. The molecule has 1 heterocycles. The van der Waals surface area contributed by atoms with E-state index in [0.717, 1.165) is 21.5 Å². The van der Waals surface area contributed by atoms with Crippen molar-refractivity contribution in [3.8, 4) is 5.75 Å². The monoisotopic (exact) mass is 292 g/mol. The first-order chi connectivity index (χ1) is 8.31. The van der Waals surface area contributed by atoms with E-state index >= 15 is 0 Å². The van der Waals surface area contributed by atoms with Gasteiger partial charge in [-0.05, 0) is 34.1 Å². The largest absolute Gasteiger partial charge is 0.488 e. The van der Waals surface area contributed by atoms with Crippen LogP contribution in [0.5, 0.6) is 5.75 Å². The summed E-state index contributed by atoms with van der Waals surface area (Å²) in [6.07, 6.45) is 1.74. The lowest BCUT2D eigenvalue weighted by Crippen LogP contribution is -2.06. The van der Waals surface area contributed by atoms with Gasteiger partial charge in [-0.15, -0.1) is 0 Å². The predicted octanol–water partition coefficient (Wildman–Crippen LogP) is 2.88. The van der Waals surface area contributed by atoms with Gasteiger partial charge in [0.25, 0.3) is 0 Å². The second kappa shape index (κ2) is 5.80. The summed E-state index contributed by atoms with van der Waals surface area (Å²) in [5.74, 6) is 0.819. The number of hydrogen-bond acceptors (Lipinski definition) is 3. The van der Waals surface area contributed by atoms with Crippen molar-refractivity contribution in [3.05, 3.63) is 58.3 Å². The third-order valence-corrected chi connectivity index (χ3v) is 3.05. The van der Waals surface area contributed by atoms with Crippen molar-refractivity contribution in [1.82, 2.24) is 4.98 Å². The van der Waals surface area contributed by atoms with Crippen LogP contribution < -0.4 is 10.5 Å². The highest BCUT2D eigenvalue weighted by atomic mass is 79.9. The van der Waals surface area contributed by atoms with E-state index in [1.54, 1.807) is 6.20 Å². The van der Waals surface area contributed by atoms with E-state index in [2.05, 4.69) is 20.9 Å². The van der Waals surface area contributed by atoms with Gasteiger partial charge in [0.1, 0.15) is 12.4 Å². The summed E-state index contributed by atoms with van der Waals surface area (Å²) in [7, 11) is 0. The summed E-state index contributed by atoms with van der Waals surface area (Å²) in [6, 6.07) is 11.6. The molecule has 2 N–H and O–H groups in total. The molecule has 0 aliphatic carbocycles. The van der Waals surface area contributed by atoms with E-state index in [1.165, 1.54) is 0 Å². The van der Waals surface area contributed by atoms with E-state index in [-0.39, 0.29) is 0 Å². The zero-order chi connectivity index (χ0) is 12.1. The minimum atomic E-state index is 0.426. The Bertz CT molecular complexity index is 502. The number of benzene rings is 1. The predicted molar refractivity (Wildman–Crippen MR) is 70.6 cm³/mol. The number of para-hydroxylation sites is 1. The summed E-state index contributed by atoms with van der Waals surface area (Å²) >= 11 is 3.44. The van der Waals surface area contributed by atoms with Gasteiger partial charge in [-0.1, -0.05) is 18.2 Å². The first-order valence-electron chi connectivity index (χ1n) is 5.31. The van der Waals surface area contributed by atoms with Gasteiger partial charge < -0.3 is 10.5 Å². The topological polar surface area (TPSA) is 48.1 Å². The quantitative estimate of drug-likeness (QED) is 0.943. The molecule has 1 aromatic carbocycles. The van der Waals surface area contributed by atoms with Crippen LogP contribution in [0.15, 0.2) is 47.1 Å². The van der Waals surface area contributed by atoms with Crippen molar-refractivity contribution in [2.24, 2.45) is 5.73 Å². The Labute approximate surface area is 109 Å². The van der Waals surface area contributed by atoms with Gasteiger partial charge in [-0.3, -0.25) is 4.98 Å². The van der Waals surface area contributed by atoms with Crippen LogP contribution in [0.1, 0.15) is 11.3 Å². The fraction of sp³-hybridized carbons (Fsp3) is 0.154. The third-order valence-electron chi connectivity index (χ3n) is 2.40. The average molecular weight is 293 g/mol. The van der Waals surface area contributed by atoms with Gasteiger partial charge in [0, 0.05) is 18.3 Å². The molecule has 0 spiro atoms. The van der Waals surface area contributed by atoms with Gasteiger partial charge in [0.15, 0.2) is 0 Å². The molecule has 0 aliphatic heterocycles. The molecule has 4 heteroatoms. The average Bonchev–Trinajstić information content (AvgIpc) is 2.38. The molecule has 0 saturated carbocycles. The molecule has 2 rings (SSSR count). The van der Waals surface area contributed by atoms with Crippen molar-refractivity contribution in [2.75, 3.05) is 0 Å². The number of ether oxygens (including phenoxy) is 1.